The van der Waals surface area contributed by atoms with Crippen molar-refractivity contribution in [2.75, 3.05) is 12.4 Å². The first-order chi connectivity index (χ1) is 13.2. The molecule has 0 aliphatic carbocycles. The Hall–Kier alpha value is -3.42. The molecule has 3 aromatic rings. The van der Waals surface area contributed by atoms with Gasteiger partial charge in [0.2, 0.25) is 5.76 Å². The van der Waals surface area contributed by atoms with Crippen LogP contribution in [0.4, 0.5) is 5.82 Å². The first kappa shape index (κ1) is 17.0. The highest BCUT2D eigenvalue weighted by Gasteiger charge is 2.21. The number of carbonyl (C=O) groups is 1. The molecule has 138 valence electrons. The number of methoxy groups -OCH3 is 1. The summed E-state index contributed by atoms with van der Waals surface area (Å²) in [5.41, 5.74) is 2.18. The lowest BCUT2D eigenvalue weighted by atomic mass is 10.0. The maximum absolute atomic E-state index is 12.3. The molecule has 0 bridgehead atoms. The van der Waals surface area contributed by atoms with Crippen LogP contribution in [0.25, 0.3) is 11.0 Å². The van der Waals surface area contributed by atoms with Gasteiger partial charge in [0, 0.05) is 12.5 Å². The van der Waals surface area contributed by atoms with Crippen molar-refractivity contribution in [3.63, 3.8) is 0 Å². The third kappa shape index (κ3) is 3.33. The van der Waals surface area contributed by atoms with Crippen molar-refractivity contribution >= 4 is 22.8 Å². The maximum Gasteiger partial charge on any atom is 0.294 e. The summed E-state index contributed by atoms with van der Waals surface area (Å²) >= 11 is 0. The zero-order chi connectivity index (χ0) is 18.8. The van der Waals surface area contributed by atoms with E-state index in [0.717, 1.165) is 18.4 Å². The Morgan fingerprint density at radius 2 is 2.15 bits per heavy atom. The van der Waals surface area contributed by atoms with Gasteiger partial charge in [-0.2, -0.15) is 0 Å². The van der Waals surface area contributed by atoms with Gasteiger partial charge in [0.15, 0.2) is 11.7 Å². The summed E-state index contributed by atoms with van der Waals surface area (Å²) in [7, 11) is 1.57. The van der Waals surface area contributed by atoms with Gasteiger partial charge in [-0.25, -0.2) is 9.97 Å². The number of rotatable bonds is 4. The van der Waals surface area contributed by atoms with E-state index in [2.05, 4.69) is 20.3 Å². The molecule has 2 aromatic heterocycles. The van der Waals surface area contributed by atoms with Crippen LogP contribution in [0.15, 0.2) is 41.3 Å². The molecule has 0 saturated heterocycles. The minimum Gasteiger partial charge on any atom is -0.494 e. The van der Waals surface area contributed by atoms with Crippen molar-refractivity contribution in [3.8, 4) is 5.75 Å². The van der Waals surface area contributed by atoms with E-state index in [4.69, 9.17) is 13.9 Å². The maximum atomic E-state index is 12.3. The van der Waals surface area contributed by atoms with E-state index < -0.39 is 5.91 Å². The van der Waals surface area contributed by atoms with E-state index in [1.54, 1.807) is 20.3 Å². The van der Waals surface area contributed by atoms with E-state index in [1.165, 1.54) is 12.4 Å². The number of benzene rings is 1. The fourth-order valence-electron chi connectivity index (χ4n) is 2.99. The van der Waals surface area contributed by atoms with Gasteiger partial charge in [0.05, 0.1) is 31.3 Å². The number of hydrogen-bond donors (Lipinski definition) is 1. The lowest BCUT2D eigenvalue weighted by Gasteiger charge is -2.21. The lowest BCUT2D eigenvalue weighted by Crippen LogP contribution is -2.13. The summed E-state index contributed by atoms with van der Waals surface area (Å²) in [5.74, 6) is 0.941. The number of nitrogens with one attached hydrogen (secondary N) is 1. The van der Waals surface area contributed by atoms with Gasteiger partial charge < -0.3 is 19.2 Å². The number of amides is 1. The molecule has 1 atom stereocenters. The lowest BCUT2D eigenvalue weighted by molar-refractivity contribution is 0.0995. The van der Waals surface area contributed by atoms with Crippen LogP contribution in [0, 0.1) is 6.92 Å². The second-order valence-electron chi connectivity index (χ2n) is 6.08. The standard InChI is InChI=1S/C19H18N4O4/c1-11-20-9-15(27-11)19(24)23-16-10-21-17-12(13-5-3-4-8-26-13)6-7-14(25-2)18(17)22-16/h4,6-10,13H,3,5H2,1-2H3,(H,22,23,24). The van der Waals surface area contributed by atoms with Crippen molar-refractivity contribution in [2.45, 2.75) is 25.9 Å². The molecule has 8 nitrogen and oxygen atoms in total. The number of aromatic nitrogens is 3. The SMILES string of the molecule is COc1ccc(C2CCC=CO2)c2ncc(NC(=O)c3cnc(C)o3)nc12. The Kier molecular flexibility index (Phi) is 4.45. The Morgan fingerprint density at radius 1 is 1.26 bits per heavy atom. The third-order valence-corrected chi connectivity index (χ3v) is 4.28. The topological polar surface area (TPSA) is 99.4 Å². The van der Waals surface area contributed by atoms with Crippen molar-refractivity contribution in [1.29, 1.82) is 0 Å². The van der Waals surface area contributed by atoms with Crippen LogP contribution < -0.4 is 10.1 Å². The minimum atomic E-state index is -0.444. The molecule has 3 heterocycles. The molecule has 0 saturated carbocycles. The van der Waals surface area contributed by atoms with E-state index in [1.807, 2.05) is 18.2 Å². The predicted molar refractivity (Wildman–Crippen MR) is 97.5 cm³/mol. The number of aryl methyl sites for hydroxylation is 1. The second kappa shape index (κ2) is 7.06. The molecule has 0 fully saturated rings. The molecule has 1 N–H and O–H groups in total. The monoisotopic (exact) mass is 366 g/mol. The average Bonchev–Trinajstić information content (AvgIpc) is 3.14. The third-order valence-electron chi connectivity index (χ3n) is 4.28. The van der Waals surface area contributed by atoms with Gasteiger partial charge in [-0.3, -0.25) is 9.78 Å². The first-order valence-corrected chi connectivity index (χ1v) is 8.53. The van der Waals surface area contributed by atoms with Crippen molar-refractivity contribution in [2.24, 2.45) is 0 Å². The fraction of sp³-hybridized carbons (Fsp3) is 0.263. The van der Waals surface area contributed by atoms with Crippen LogP contribution >= 0.6 is 0 Å². The number of oxazole rings is 1. The quantitative estimate of drug-likeness (QED) is 0.753. The number of carbonyl (C=O) groups excluding carboxylic acids is 1. The van der Waals surface area contributed by atoms with E-state index in [9.17, 15) is 4.79 Å². The van der Waals surface area contributed by atoms with Crippen LogP contribution in [0.1, 0.15) is 41.0 Å². The van der Waals surface area contributed by atoms with E-state index in [0.29, 0.717) is 28.5 Å². The van der Waals surface area contributed by atoms with Crippen LogP contribution in [0.5, 0.6) is 5.75 Å². The molecule has 0 spiro atoms. The highest BCUT2D eigenvalue weighted by atomic mass is 16.5. The minimum absolute atomic E-state index is 0.0877. The second-order valence-corrected chi connectivity index (χ2v) is 6.08. The van der Waals surface area contributed by atoms with Crippen molar-refractivity contribution < 1.29 is 18.7 Å². The molecule has 1 aromatic carbocycles. The summed E-state index contributed by atoms with van der Waals surface area (Å²) in [6.07, 6.45) is 8.30. The largest absolute Gasteiger partial charge is 0.494 e. The predicted octanol–water partition coefficient (Wildman–Crippen LogP) is 3.55. The van der Waals surface area contributed by atoms with Gasteiger partial charge in [0.1, 0.15) is 17.4 Å². The molecule has 0 radical (unpaired) electrons. The molecule has 4 rings (SSSR count). The van der Waals surface area contributed by atoms with Gasteiger partial charge in [-0.1, -0.05) is 0 Å². The Morgan fingerprint density at radius 3 is 2.85 bits per heavy atom. The van der Waals surface area contributed by atoms with Crippen LogP contribution in [-0.4, -0.2) is 28.0 Å². The normalized spacial score (nSPS) is 16.1. The summed E-state index contributed by atoms with van der Waals surface area (Å²) in [5, 5.41) is 2.67. The average molecular weight is 366 g/mol. The smallest absolute Gasteiger partial charge is 0.294 e. The van der Waals surface area contributed by atoms with Crippen LogP contribution in [0.2, 0.25) is 0 Å². The van der Waals surface area contributed by atoms with Gasteiger partial charge in [0.25, 0.3) is 5.91 Å². The highest BCUT2D eigenvalue weighted by molar-refractivity contribution is 6.02. The molecule has 1 amide bonds. The molecule has 8 heteroatoms. The Labute approximate surface area is 155 Å². The number of anilines is 1. The molecular formula is C19H18N4O4. The summed E-state index contributed by atoms with van der Waals surface area (Å²) < 4.78 is 16.4. The first-order valence-electron chi connectivity index (χ1n) is 8.53. The fourth-order valence-corrected chi connectivity index (χ4v) is 2.99. The number of ether oxygens (including phenoxy) is 2. The number of allylic oxidation sites excluding steroid dienone is 1. The van der Waals surface area contributed by atoms with Crippen LogP contribution in [0.3, 0.4) is 0 Å². The van der Waals surface area contributed by atoms with Crippen molar-refractivity contribution in [1.82, 2.24) is 15.0 Å². The summed E-state index contributed by atoms with van der Waals surface area (Å²) in [6, 6.07) is 3.77. The molecule has 1 unspecified atom stereocenters. The highest BCUT2D eigenvalue weighted by Crippen LogP contribution is 2.34. The Balaban J connectivity index is 1.70. The number of fused-ring (bicyclic) bond motifs is 1. The van der Waals surface area contributed by atoms with Gasteiger partial charge >= 0.3 is 0 Å². The van der Waals surface area contributed by atoms with E-state index >= 15 is 0 Å². The molecule has 1 aliphatic rings. The molecule has 1 aliphatic heterocycles. The van der Waals surface area contributed by atoms with Gasteiger partial charge in [-0.15, -0.1) is 0 Å². The Bertz CT molecular complexity index is 1030. The summed E-state index contributed by atoms with van der Waals surface area (Å²) in [4.78, 5) is 25.2. The van der Waals surface area contributed by atoms with Crippen molar-refractivity contribution in [3.05, 3.63) is 54.1 Å². The van der Waals surface area contributed by atoms with Gasteiger partial charge in [-0.05, 0) is 31.1 Å². The number of hydrogen-bond acceptors (Lipinski definition) is 7. The zero-order valence-corrected chi connectivity index (χ0v) is 14.9. The number of nitrogens with zero attached hydrogens (tertiary/aromatic N) is 3. The molecular weight excluding hydrogens is 348 g/mol. The molecule has 27 heavy (non-hydrogen) atoms. The summed E-state index contributed by atoms with van der Waals surface area (Å²) in [6.45, 7) is 1.67. The zero-order valence-electron chi connectivity index (χ0n) is 14.9. The van der Waals surface area contributed by atoms with Crippen LogP contribution in [-0.2, 0) is 4.74 Å². The van der Waals surface area contributed by atoms with E-state index in [-0.39, 0.29) is 11.9 Å².